The van der Waals surface area contributed by atoms with Gasteiger partial charge in [-0.25, -0.2) is 0 Å². The Morgan fingerprint density at radius 2 is 2.00 bits per heavy atom. The summed E-state index contributed by atoms with van der Waals surface area (Å²) in [5.41, 5.74) is -0.321. The molecule has 0 unspecified atom stereocenters. The zero-order valence-corrected chi connectivity index (χ0v) is 15.4. The first kappa shape index (κ1) is 19.9. The zero-order chi connectivity index (χ0) is 19.3. The minimum atomic E-state index is -0.812. The van der Waals surface area contributed by atoms with Gasteiger partial charge in [0.05, 0.1) is 21.9 Å². The Balaban J connectivity index is 2.06. The maximum atomic E-state index is 11.5. The number of nitro benzene ring substituents is 1. The molecule has 0 bridgehead atoms. The summed E-state index contributed by atoms with van der Waals surface area (Å²) in [5, 5.41) is 23.6. The van der Waals surface area contributed by atoms with Crippen LogP contribution in [0.25, 0.3) is 11.3 Å². The monoisotopic (exact) mass is 380 g/mol. The van der Waals surface area contributed by atoms with Crippen LogP contribution in [0.5, 0.6) is 0 Å². The summed E-state index contributed by atoms with van der Waals surface area (Å²) in [5.74, 6) is 0.311. The van der Waals surface area contributed by atoms with Gasteiger partial charge in [0, 0.05) is 24.2 Å². The molecule has 0 aliphatic heterocycles. The molecule has 0 radical (unpaired) electrons. The van der Waals surface area contributed by atoms with E-state index < -0.39 is 16.3 Å². The van der Waals surface area contributed by atoms with Crippen LogP contribution < -0.4 is 5.32 Å². The Bertz CT molecular complexity index is 799. The highest BCUT2D eigenvalue weighted by molar-refractivity contribution is 6.33. The molecule has 1 aromatic carbocycles. The molecule has 1 heterocycles. The summed E-state index contributed by atoms with van der Waals surface area (Å²) in [7, 11) is 0. The number of carboxylic acids is 1. The largest absolute Gasteiger partial charge is 0.481 e. The van der Waals surface area contributed by atoms with Crippen LogP contribution in [0.15, 0.2) is 34.7 Å². The highest BCUT2D eigenvalue weighted by atomic mass is 35.5. The molecule has 0 atom stereocenters. The number of non-ortho nitro benzene ring substituents is 1. The predicted octanol–water partition coefficient (Wildman–Crippen LogP) is 4.49. The third-order valence-electron chi connectivity index (χ3n) is 4.66. The number of benzene rings is 1. The summed E-state index contributed by atoms with van der Waals surface area (Å²) in [6.07, 6.45) is 1.07. The Morgan fingerprint density at radius 1 is 1.31 bits per heavy atom. The van der Waals surface area contributed by atoms with Crippen LogP contribution in [-0.4, -0.2) is 22.5 Å². The van der Waals surface area contributed by atoms with Crippen molar-refractivity contribution < 1.29 is 19.2 Å². The van der Waals surface area contributed by atoms with Crippen LogP contribution in [0.2, 0.25) is 5.02 Å². The van der Waals surface area contributed by atoms with Gasteiger partial charge in [-0.2, -0.15) is 0 Å². The number of aliphatic carboxylic acids is 1. The maximum Gasteiger partial charge on any atom is 0.310 e. The Morgan fingerprint density at radius 3 is 2.54 bits per heavy atom. The van der Waals surface area contributed by atoms with Crippen LogP contribution in [-0.2, 0) is 11.3 Å². The summed E-state index contributed by atoms with van der Waals surface area (Å²) in [6, 6.07) is 7.68. The zero-order valence-electron chi connectivity index (χ0n) is 14.6. The van der Waals surface area contributed by atoms with Gasteiger partial charge in [0.15, 0.2) is 0 Å². The highest BCUT2D eigenvalue weighted by Crippen LogP contribution is 2.32. The van der Waals surface area contributed by atoms with E-state index >= 15 is 0 Å². The second-order valence-corrected chi connectivity index (χ2v) is 6.49. The van der Waals surface area contributed by atoms with Crippen molar-refractivity contribution >= 4 is 23.3 Å². The van der Waals surface area contributed by atoms with Gasteiger partial charge in [-0.15, -0.1) is 0 Å². The summed E-state index contributed by atoms with van der Waals surface area (Å²) < 4.78 is 5.73. The maximum absolute atomic E-state index is 11.5. The van der Waals surface area contributed by atoms with E-state index in [1.54, 1.807) is 18.2 Å². The number of hydrogen-bond acceptors (Lipinski definition) is 5. The van der Waals surface area contributed by atoms with Crippen molar-refractivity contribution in [3.8, 4) is 11.3 Å². The molecule has 0 fully saturated rings. The number of nitro groups is 1. The van der Waals surface area contributed by atoms with Gasteiger partial charge < -0.3 is 14.8 Å². The lowest BCUT2D eigenvalue weighted by molar-refractivity contribution is -0.384. The molecule has 0 aliphatic rings. The average Bonchev–Trinajstić information content (AvgIpc) is 3.07. The van der Waals surface area contributed by atoms with E-state index in [4.69, 9.17) is 16.0 Å². The lowest BCUT2D eigenvalue weighted by Gasteiger charge is -2.26. The SMILES string of the molecule is CCC(CC)(CNCc1ccc(-c2ccc([N+](=O)[O-])cc2Cl)o1)C(=O)O. The smallest absolute Gasteiger partial charge is 0.310 e. The second-order valence-electron chi connectivity index (χ2n) is 6.08. The van der Waals surface area contributed by atoms with Gasteiger partial charge >= 0.3 is 5.97 Å². The van der Waals surface area contributed by atoms with Gasteiger partial charge in [-0.3, -0.25) is 14.9 Å². The fourth-order valence-electron chi connectivity index (χ4n) is 2.74. The van der Waals surface area contributed by atoms with Gasteiger partial charge in [0.2, 0.25) is 0 Å². The molecular weight excluding hydrogens is 360 g/mol. The number of halogens is 1. The molecule has 140 valence electrons. The molecule has 2 N–H and O–H groups in total. The van der Waals surface area contributed by atoms with Gasteiger partial charge in [0.1, 0.15) is 11.5 Å². The molecule has 0 spiro atoms. The molecule has 26 heavy (non-hydrogen) atoms. The van der Waals surface area contributed by atoms with Crippen molar-refractivity contribution in [2.24, 2.45) is 5.41 Å². The second kappa shape index (κ2) is 8.33. The lowest BCUT2D eigenvalue weighted by Crippen LogP contribution is -2.39. The molecule has 0 aliphatic carbocycles. The van der Waals surface area contributed by atoms with Crippen molar-refractivity contribution in [3.05, 3.63) is 51.2 Å². The van der Waals surface area contributed by atoms with Gasteiger partial charge in [0.25, 0.3) is 5.69 Å². The van der Waals surface area contributed by atoms with Crippen molar-refractivity contribution in [1.29, 1.82) is 0 Å². The van der Waals surface area contributed by atoms with Crippen molar-refractivity contribution in [2.45, 2.75) is 33.2 Å². The fourth-order valence-corrected chi connectivity index (χ4v) is 3.01. The minimum absolute atomic E-state index is 0.0867. The number of carbonyl (C=O) groups is 1. The number of furan rings is 1. The molecule has 2 aromatic rings. The Kier molecular flexibility index (Phi) is 6.39. The van der Waals surface area contributed by atoms with Crippen molar-refractivity contribution in [1.82, 2.24) is 5.32 Å². The summed E-state index contributed by atoms with van der Waals surface area (Å²) >= 11 is 6.11. The van der Waals surface area contributed by atoms with Gasteiger partial charge in [-0.05, 0) is 31.0 Å². The third kappa shape index (κ3) is 4.23. The Labute approximate surface area is 156 Å². The van der Waals surface area contributed by atoms with Crippen LogP contribution in [0.1, 0.15) is 32.4 Å². The number of carboxylic acid groups (broad SMARTS) is 1. The molecule has 1 aromatic heterocycles. The van der Waals surface area contributed by atoms with E-state index in [0.29, 0.717) is 43.0 Å². The average molecular weight is 381 g/mol. The molecule has 7 nitrogen and oxygen atoms in total. The van der Waals surface area contributed by atoms with Crippen LogP contribution >= 0.6 is 11.6 Å². The number of nitrogens with one attached hydrogen (secondary N) is 1. The predicted molar refractivity (Wildman–Crippen MR) is 98.2 cm³/mol. The first-order valence-electron chi connectivity index (χ1n) is 8.30. The Hall–Kier alpha value is -2.38. The van der Waals surface area contributed by atoms with Crippen molar-refractivity contribution in [3.63, 3.8) is 0 Å². The summed E-state index contributed by atoms with van der Waals surface area (Å²) in [4.78, 5) is 21.8. The lowest BCUT2D eigenvalue weighted by atomic mass is 9.82. The van der Waals surface area contributed by atoms with E-state index in [2.05, 4.69) is 5.32 Å². The molecule has 8 heteroatoms. The van der Waals surface area contributed by atoms with Gasteiger partial charge in [-0.1, -0.05) is 25.4 Å². The molecule has 2 rings (SSSR count). The van der Waals surface area contributed by atoms with Crippen LogP contribution in [0.3, 0.4) is 0 Å². The van der Waals surface area contributed by atoms with E-state index in [1.807, 2.05) is 13.8 Å². The van der Waals surface area contributed by atoms with Crippen LogP contribution in [0.4, 0.5) is 5.69 Å². The number of nitrogens with zero attached hydrogens (tertiary/aromatic N) is 1. The fraction of sp³-hybridized carbons (Fsp3) is 0.389. The minimum Gasteiger partial charge on any atom is -0.481 e. The van der Waals surface area contributed by atoms with Crippen LogP contribution in [0, 0.1) is 15.5 Å². The van der Waals surface area contributed by atoms with Crippen molar-refractivity contribution in [2.75, 3.05) is 6.54 Å². The highest BCUT2D eigenvalue weighted by Gasteiger charge is 2.34. The topological polar surface area (TPSA) is 106 Å². The van der Waals surface area contributed by atoms with E-state index in [1.165, 1.54) is 12.1 Å². The molecule has 0 saturated heterocycles. The quantitative estimate of drug-likeness (QED) is 0.490. The van der Waals surface area contributed by atoms with E-state index in [-0.39, 0.29) is 10.7 Å². The first-order chi connectivity index (χ1) is 12.3. The van der Waals surface area contributed by atoms with E-state index in [0.717, 1.165) is 0 Å². The van der Waals surface area contributed by atoms with E-state index in [9.17, 15) is 20.0 Å². The standard InChI is InChI=1S/C18H21ClN2O5/c1-3-18(4-2,17(22)23)11-20-10-13-6-8-16(26-13)14-7-5-12(21(24)25)9-15(14)19/h5-9,20H,3-4,10-11H2,1-2H3,(H,22,23). The first-order valence-corrected chi connectivity index (χ1v) is 8.68. The third-order valence-corrected chi connectivity index (χ3v) is 4.97. The molecular formula is C18H21ClN2O5. The molecule has 0 saturated carbocycles. The summed E-state index contributed by atoms with van der Waals surface area (Å²) in [6.45, 7) is 4.44. The number of rotatable bonds is 9. The normalized spacial score (nSPS) is 11.5. The molecule has 0 amide bonds. The number of hydrogen-bond donors (Lipinski definition) is 2.